The number of ether oxygens (including phenoxy) is 2. The third-order valence-electron chi connectivity index (χ3n) is 9.17. The normalized spacial score (nSPS) is 22.9. The van der Waals surface area contributed by atoms with Gasteiger partial charge in [0.05, 0.1) is 10.7 Å². The van der Waals surface area contributed by atoms with Gasteiger partial charge in [-0.1, -0.05) is 51.8 Å². The molecule has 2 aromatic rings. The lowest BCUT2D eigenvalue weighted by Crippen LogP contribution is -2.52. The van der Waals surface area contributed by atoms with Crippen molar-refractivity contribution in [2.45, 2.75) is 125 Å². The SMILES string of the molecule is C/C(=C\c1csc(C)n1)[C@@H]1C[C@H](Oc2c(C)cc(C)cc2C)[C@](C)(CCC[C@H](C)CO[Si](C)(C)C(C)(C)C)C(=O)O1. The number of aromatic nitrogens is 1. The van der Waals surface area contributed by atoms with E-state index in [0.29, 0.717) is 18.8 Å². The molecule has 1 saturated heterocycles. The number of benzene rings is 1. The minimum Gasteiger partial charge on any atom is -0.489 e. The molecule has 4 atom stereocenters. The summed E-state index contributed by atoms with van der Waals surface area (Å²) in [4.78, 5) is 18.4. The molecule has 1 fully saturated rings. The van der Waals surface area contributed by atoms with Gasteiger partial charge in [-0.15, -0.1) is 11.3 Å². The van der Waals surface area contributed by atoms with Crippen LogP contribution in [0.25, 0.3) is 6.08 Å². The summed E-state index contributed by atoms with van der Waals surface area (Å²) in [5.41, 5.74) is 4.57. The first-order chi connectivity index (χ1) is 18.9. The molecule has 0 bridgehead atoms. The van der Waals surface area contributed by atoms with Gasteiger partial charge in [-0.3, -0.25) is 4.79 Å². The number of rotatable bonds is 11. The molecule has 0 spiro atoms. The van der Waals surface area contributed by atoms with Gasteiger partial charge in [-0.05, 0) is 101 Å². The molecule has 0 N–H and O–H groups in total. The maximum atomic E-state index is 13.8. The molecule has 3 rings (SSSR count). The van der Waals surface area contributed by atoms with E-state index in [2.05, 4.69) is 78.7 Å². The highest BCUT2D eigenvalue weighted by atomic mass is 32.1. The Labute approximate surface area is 254 Å². The van der Waals surface area contributed by atoms with Gasteiger partial charge in [0.25, 0.3) is 0 Å². The van der Waals surface area contributed by atoms with Gasteiger partial charge in [0, 0.05) is 18.4 Å². The quantitative estimate of drug-likeness (QED) is 0.190. The van der Waals surface area contributed by atoms with E-state index in [-0.39, 0.29) is 23.2 Å². The molecule has 0 amide bonds. The van der Waals surface area contributed by atoms with E-state index >= 15 is 0 Å². The van der Waals surface area contributed by atoms with Crippen LogP contribution in [0.2, 0.25) is 18.1 Å². The van der Waals surface area contributed by atoms with Crippen molar-refractivity contribution in [3.8, 4) is 5.75 Å². The molecule has 228 valence electrons. The van der Waals surface area contributed by atoms with Crippen LogP contribution in [-0.2, 0) is 14.0 Å². The van der Waals surface area contributed by atoms with E-state index in [9.17, 15) is 4.79 Å². The average Bonchev–Trinajstić information content (AvgIpc) is 3.26. The van der Waals surface area contributed by atoms with Crippen molar-refractivity contribution in [3.05, 3.63) is 50.5 Å². The first kappa shape index (κ1) is 33.5. The highest BCUT2D eigenvalue weighted by Gasteiger charge is 2.50. The second-order valence-corrected chi connectivity index (χ2v) is 20.0. The summed E-state index contributed by atoms with van der Waals surface area (Å²) in [6, 6.07) is 4.30. The van der Waals surface area contributed by atoms with E-state index in [1.807, 2.05) is 32.2 Å². The minimum atomic E-state index is -1.78. The third-order valence-corrected chi connectivity index (χ3v) is 14.5. The fourth-order valence-electron chi connectivity index (χ4n) is 5.35. The Morgan fingerprint density at radius 3 is 2.41 bits per heavy atom. The number of cyclic esters (lactones) is 1. The number of nitrogens with zero attached hydrogens (tertiary/aromatic N) is 1. The van der Waals surface area contributed by atoms with Gasteiger partial charge in [0.2, 0.25) is 0 Å². The molecule has 0 aliphatic carbocycles. The first-order valence-electron chi connectivity index (χ1n) is 15.1. The Hall–Kier alpha value is -1.96. The van der Waals surface area contributed by atoms with E-state index in [1.54, 1.807) is 11.3 Å². The Morgan fingerprint density at radius 1 is 1.22 bits per heavy atom. The van der Waals surface area contributed by atoms with Crippen LogP contribution in [0.3, 0.4) is 0 Å². The predicted octanol–water partition coefficient (Wildman–Crippen LogP) is 9.38. The topological polar surface area (TPSA) is 57.7 Å². The number of thiazole rings is 1. The zero-order valence-electron chi connectivity index (χ0n) is 27.6. The van der Waals surface area contributed by atoms with Crippen molar-refractivity contribution in [2.24, 2.45) is 11.3 Å². The Balaban J connectivity index is 1.79. The average molecular weight is 600 g/mol. The summed E-state index contributed by atoms with van der Waals surface area (Å²) in [5.74, 6) is 1.13. The molecule has 1 aliphatic heterocycles. The van der Waals surface area contributed by atoms with Crippen LogP contribution in [0.1, 0.15) is 94.6 Å². The lowest BCUT2D eigenvalue weighted by molar-refractivity contribution is -0.178. The number of aryl methyl sites for hydroxylation is 4. The fourth-order valence-corrected chi connectivity index (χ4v) is 7.06. The molecule has 41 heavy (non-hydrogen) atoms. The van der Waals surface area contributed by atoms with Gasteiger partial charge in [0.1, 0.15) is 23.4 Å². The number of carbonyl (C=O) groups is 1. The summed E-state index contributed by atoms with van der Waals surface area (Å²) in [5, 5.41) is 3.26. The van der Waals surface area contributed by atoms with E-state index in [4.69, 9.17) is 13.9 Å². The largest absolute Gasteiger partial charge is 0.489 e. The van der Waals surface area contributed by atoms with Crippen molar-refractivity contribution in [2.75, 3.05) is 6.61 Å². The molecule has 1 aromatic carbocycles. The zero-order valence-corrected chi connectivity index (χ0v) is 29.4. The van der Waals surface area contributed by atoms with E-state index in [1.165, 1.54) is 5.56 Å². The van der Waals surface area contributed by atoms with Crippen LogP contribution in [-0.4, -0.2) is 38.1 Å². The molecule has 0 unspecified atom stereocenters. The van der Waals surface area contributed by atoms with Crippen LogP contribution in [0.4, 0.5) is 0 Å². The smallest absolute Gasteiger partial charge is 0.316 e. The standard InChI is InChI=1S/C34H53NO4SSi/c1-22(20-37-41(11,12)33(7,8)9)14-13-15-34(10)30(39-31-25(4)16-23(2)17-26(31)5)19-29(38-32(34)36)24(3)18-28-21-40-27(6)35-28/h16-18,21-22,29-30H,13-15,19-20H2,1-12H3/b24-18+/t22-,29-,30-,34-/m0/s1. The van der Waals surface area contributed by atoms with Crippen LogP contribution in [0, 0.1) is 39.0 Å². The van der Waals surface area contributed by atoms with Crippen LogP contribution < -0.4 is 4.74 Å². The first-order valence-corrected chi connectivity index (χ1v) is 18.9. The highest BCUT2D eigenvalue weighted by molar-refractivity contribution is 7.09. The van der Waals surface area contributed by atoms with Crippen LogP contribution >= 0.6 is 11.3 Å². The van der Waals surface area contributed by atoms with Crippen molar-refractivity contribution < 1.29 is 18.7 Å². The molecular formula is C34H53NO4SSi. The van der Waals surface area contributed by atoms with Crippen molar-refractivity contribution >= 4 is 31.7 Å². The monoisotopic (exact) mass is 599 g/mol. The summed E-state index contributed by atoms with van der Waals surface area (Å²) in [7, 11) is -1.78. The Bertz CT molecular complexity index is 1220. The number of esters is 1. The second kappa shape index (κ2) is 13.1. The van der Waals surface area contributed by atoms with E-state index < -0.39 is 13.7 Å². The Morgan fingerprint density at radius 2 is 1.85 bits per heavy atom. The molecule has 1 aliphatic rings. The molecule has 0 radical (unpaired) electrons. The summed E-state index contributed by atoms with van der Waals surface area (Å²) < 4.78 is 19.4. The van der Waals surface area contributed by atoms with Crippen molar-refractivity contribution in [1.29, 1.82) is 0 Å². The van der Waals surface area contributed by atoms with Crippen LogP contribution in [0.5, 0.6) is 5.75 Å². The van der Waals surface area contributed by atoms with Crippen molar-refractivity contribution in [3.63, 3.8) is 0 Å². The molecular weight excluding hydrogens is 547 g/mol. The highest BCUT2D eigenvalue weighted by Crippen LogP contribution is 2.43. The fraction of sp³-hybridized carbons (Fsp3) is 0.647. The maximum absolute atomic E-state index is 13.8. The summed E-state index contributed by atoms with van der Waals surface area (Å²) >= 11 is 1.62. The Kier molecular flexibility index (Phi) is 10.7. The van der Waals surface area contributed by atoms with Gasteiger partial charge in [-0.25, -0.2) is 4.98 Å². The summed E-state index contributed by atoms with van der Waals surface area (Å²) in [6.07, 6.45) is 4.64. The van der Waals surface area contributed by atoms with Gasteiger partial charge in [-0.2, -0.15) is 0 Å². The van der Waals surface area contributed by atoms with Crippen LogP contribution in [0.15, 0.2) is 23.1 Å². The lowest BCUT2D eigenvalue weighted by atomic mass is 9.74. The molecule has 2 heterocycles. The number of hydrogen-bond donors (Lipinski definition) is 0. The van der Waals surface area contributed by atoms with Gasteiger partial charge in [0.15, 0.2) is 8.32 Å². The van der Waals surface area contributed by atoms with Gasteiger partial charge >= 0.3 is 5.97 Å². The van der Waals surface area contributed by atoms with Gasteiger partial charge < -0.3 is 13.9 Å². The minimum absolute atomic E-state index is 0.173. The molecule has 1 aromatic heterocycles. The molecule has 5 nitrogen and oxygen atoms in total. The zero-order chi connectivity index (χ0) is 30.8. The lowest BCUT2D eigenvalue weighted by Gasteiger charge is -2.43. The van der Waals surface area contributed by atoms with E-state index in [0.717, 1.165) is 52.6 Å². The second-order valence-electron chi connectivity index (χ2n) is 14.1. The number of carbonyl (C=O) groups excluding carboxylic acids is 1. The van der Waals surface area contributed by atoms with Crippen molar-refractivity contribution in [1.82, 2.24) is 4.98 Å². The molecule has 0 saturated carbocycles. The maximum Gasteiger partial charge on any atom is 0.316 e. The predicted molar refractivity (Wildman–Crippen MR) is 174 cm³/mol. The third kappa shape index (κ3) is 8.32. The number of hydrogen-bond acceptors (Lipinski definition) is 6. The molecule has 7 heteroatoms. The summed E-state index contributed by atoms with van der Waals surface area (Å²) in [6.45, 7) is 26.8.